The van der Waals surface area contributed by atoms with Gasteiger partial charge in [-0.15, -0.1) is 0 Å². The fraction of sp³-hybridized carbons (Fsp3) is 1.00. The van der Waals surface area contributed by atoms with Crippen LogP contribution in [0.2, 0.25) is 0 Å². The summed E-state index contributed by atoms with van der Waals surface area (Å²) in [5.41, 5.74) is 0. The molecule has 1 N–H and O–H groups in total. The molecule has 2 unspecified atom stereocenters. The van der Waals surface area contributed by atoms with Crippen LogP contribution in [-0.4, -0.2) is 55.6 Å². The Hall–Kier alpha value is -0.160. The molecule has 4 heteroatoms. The summed E-state index contributed by atoms with van der Waals surface area (Å²) in [6, 6.07) is 1.12. The molecule has 0 radical (unpaired) electrons. The van der Waals surface area contributed by atoms with Crippen LogP contribution in [0.5, 0.6) is 0 Å². The molecule has 1 saturated heterocycles. The average Bonchev–Trinajstić information content (AvgIpc) is 2.91. The van der Waals surface area contributed by atoms with Crippen molar-refractivity contribution in [3.05, 3.63) is 0 Å². The molecule has 2 aliphatic rings. The predicted octanol–water partition coefficient (Wildman–Crippen LogP) is 2.38. The number of likely N-dealkylation sites (N-methyl/N-ethyl adjacent to an activating group) is 2. The fourth-order valence-electron chi connectivity index (χ4n) is 3.69. The number of nitrogens with one attached hydrogen (secondary N) is 1. The molecule has 1 aliphatic carbocycles. The highest BCUT2D eigenvalue weighted by atomic mass is 16.7. The summed E-state index contributed by atoms with van der Waals surface area (Å²) in [4.78, 5) is 2.63. The maximum absolute atomic E-state index is 5.96. The molecule has 1 aliphatic heterocycles. The third-order valence-corrected chi connectivity index (χ3v) is 4.77. The molecule has 0 amide bonds. The molecule has 1 spiro atoms. The molecule has 4 nitrogen and oxygen atoms in total. The van der Waals surface area contributed by atoms with Crippen molar-refractivity contribution in [3.63, 3.8) is 0 Å². The van der Waals surface area contributed by atoms with Crippen LogP contribution < -0.4 is 5.32 Å². The van der Waals surface area contributed by atoms with Crippen LogP contribution in [0.1, 0.15) is 52.9 Å². The highest BCUT2D eigenvalue weighted by molar-refractivity contribution is 4.96. The molecule has 1 heterocycles. The Bertz CT molecular complexity index is 280. The number of rotatable bonds is 7. The fourth-order valence-corrected chi connectivity index (χ4v) is 3.69. The van der Waals surface area contributed by atoms with Crippen molar-refractivity contribution < 1.29 is 9.47 Å². The monoisotopic (exact) mass is 284 g/mol. The Morgan fingerprint density at radius 3 is 2.55 bits per heavy atom. The molecule has 2 rings (SSSR count). The van der Waals surface area contributed by atoms with Gasteiger partial charge >= 0.3 is 0 Å². The second-order valence-electron chi connectivity index (χ2n) is 6.06. The van der Waals surface area contributed by atoms with Gasteiger partial charge in [0.05, 0.1) is 13.2 Å². The van der Waals surface area contributed by atoms with Gasteiger partial charge in [0.1, 0.15) is 0 Å². The van der Waals surface area contributed by atoms with Crippen molar-refractivity contribution in [2.45, 2.75) is 70.7 Å². The minimum atomic E-state index is -0.282. The zero-order chi connectivity index (χ0) is 14.4. The lowest BCUT2D eigenvalue weighted by atomic mass is 9.84. The van der Waals surface area contributed by atoms with E-state index in [2.05, 4.69) is 31.0 Å². The summed E-state index contributed by atoms with van der Waals surface area (Å²) in [5, 5.41) is 3.68. The average molecular weight is 284 g/mol. The number of hydrogen-bond donors (Lipinski definition) is 1. The second-order valence-corrected chi connectivity index (χ2v) is 6.06. The first kappa shape index (κ1) is 16.2. The largest absolute Gasteiger partial charge is 0.347 e. The van der Waals surface area contributed by atoms with Crippen molar-refractivity contribution in [3.8, 4) is 0 Å². The van der Waals surface area contributed by atoms with Crippen LogP contribution in [0.4, 0.5) is 0 Å². The van der Waals surface area contributed by atoms with E-state index in [0.717, 1.165) is 45.6 Å². The van der Waals surface area contributed by atoms with Crippen LogP contribution in [0.15, 0.2) is 0 Å². The third-order valence-electron chi connectivity index (χ3n) is 4.77. The molecule has 2 fully saturated rings. The van der Waals surface area contributed by atoms with E-state index in [1.54, 1.807) is 0 Å². The Morgan fingerprint density at radius 2 is 1.95 bits per heavy atom. The number of unbranched alkanes of at least 4 members (excludes halogenated alkanes) is 1. The molecule has 0 aromatic rings. The number of ether oxygens (including phenoxy) is 2. The molecule has 0 aromatic carbocycles. The smallest absolute Gasteiger partial charge is 0.170 e. The van der Waals surface area contributed by atoms with Crippen LogP contribution >= 0.6 is 0 Å². The molecule has 1 saturated carbocycles. The summed E-state index contributed by atoms with van der Waals surface area (Å²) in [6.07, 6.45) is 5.74. The van der Waals surface area contributed by atoms with Gasteiger partial charge in [-0.05, 0) is 32.5 Å². The van der Waals surface area contributed by atoms with Crippen molar-refractivity contribution in [1.29, 1.82) is 0 Å². The van der Waals surface area contributed by atoms with E-state index >= 15 is 0 Å². The molecule has 118 valence electrons. The molecular formula is C16H32N2O2. The van der Waals surface area contributed by atoms with Gasteiger partial charge in [-0.2, -0.15) is 0 Å². The van der Waals surface area contributed by atoms with Crippen LogP contribution in [0.25, 0.3) is 0 Å². The second kappa shape index (κ2) is 7.74. The Kier molecular flexibility index (Phi) is 6.27. The first-order valence-corrected chi connectivity index (χ1v) is 8.50. The molecule has 20 heavy (non-hydrogen) atoms. The molecule has 2 atom stereocenters. The zero-order valence-corrected chi connectivity index (χ0v) is 13.5. The van der Waals surface area contributed by atoms with Gasteiger partial charge in [-0.25, -0.2) is 0 Å². The van der Waals surface area contributed by atoms with E-state index in [1.165, 1.54) is 19.4 Å². The molecular weight excluding hydrogens is 252 g/mol. The van der Waals surface area contributed by atoms with E-state index < -0.39 is 0 Å². The van der Waals surface area contributed by atoms with Crippen molar-refractivity contribution >= 4 is 0 Å². The van der Waals surface area contributed by atoms with Crippen molar-refractivity contribution in [1.82, 2.24) is 10.2 Å². The molecule has 0 bridgehead atoms. The van der Waals surface area contributed by atoms with Gasteiger partial charge in [-0.3, -0.25) is 4.90 Å². The highest BCUT2D eigenvalue weighted by Crippen LogP contribution is 2.37. The predicted molar refractivity (Wildman–Crippen MR) is 81.9 cm³/mol. The Balaban J connectivity index is 2.04. The van der Waals surface area contributed by atoms with Gasteiger partial charge in [0, 0.05) is 24.9 Å². The zero-order valence-electron chi connectivity index (χ0n) is 13.5. The highest BCUT2D eigenvalue weighted by Gasteiger charge is 2.46. The van der Waals surface area contributed by atoms with Crippen LogP contribution in [0, 0.1) is 0 Å². The van der Waals surface area contributed by atoms with Crippen LogP contribution in [0.3, 0.4) is 0 Å². The van der Waals surface area contributed by atoms with Crippen LogP contribution in [-0.2, 0) is 9.47 Å². The van der Waals surface area contributed by atoms with E-state index in [9.17, 15) is 0 Å². The van der Waals surface area contributed by atoms with Gasteiger partial charge in [0.15, 0.2) is 5.79 Å². The van der Waals surface area contributed by atoms with Gasteiger partial charge < -0.3 is 14.8 Å². The Morgan fingerprint density at radius 1 is 1.20 bits per heavy atom. The topological polar surface area (TPSA) is 33.7 Å². The summed E-state index contributed by atoms with van der Waals surface area (Å²) in [6.45, 7) is 11.6. The maximum atomic E-state index is 5.96. The summed E-state index contributed by atoms with van der Waals surface area (Å²) >= 11 is 0. The summed E-state index contributed by atoms with van der Waals surface area (Å²) in [5.74, 6) is -0.282. The van der Waals surface area contributed by atoms with Gasteiger partial charge in [0.2, 0.25) is 0 Å². The lowest BCUT2D eigenvalue weighted by molar-refractivity contribution is -0.193. The quantitative estimate of drug-likeness (QED) is 0.778. The van der Waals surface area contributed by atoms with E-state index in [-0.39, 0.29) is 5.79 Å². The normalized spacial score (nSPS) is 29.4. The van der Waals surface area contributed by atoms with Crippen molar-refractivity contribution in [2.24, 2.45) is 0 Å². The number of hydrogen-bond acceptors (Lipinski definition) is 4. The molecule has 0 aromatic heterocycles. The number of nitrogens with zero attached hydrogens (tertiary/aromatic N) is 1. The van der Waals surface area contributed by atoms with E-state index in [0.29, 0.717) is 12.1 Å². The maximum Gasteiger partial charge on any atom is 0.170 e. The minimum Gasteiger partial charge on any atom is -0.347 e. The lowest BCUT2D eigenvalue weighted by Gasteiger charge is -2.46. The SMILES string of the molecule is CCCCN(CC)C1CC2(CCC1NCC)OCCO2. The van der Waals surface area contributed by atoms with Crippen molar-refractivity contribution in [2.75, 3.05) is 32.8 Å². The van der Waals surface area contributed by atoms with E-state index in [1.807, 2.05) is 0 Å². The standard InChI is InChI=1S/C16H32N2O2/c1-4-7-10-18(6-3)15-13-16(19-11-12-20-16)9-8-14(15)17-5-2/h14-15,17H,4-13H2,1-3H3. The minimum absolute atomic E-state index is 0.282. The Labute approximate surface area is 124 Å². The lowest BCUT2D eigenvalue weighted by Crippen LogP contribution is -2.57. The first-order valence-electron chi connectivity index (χ1n) is 8.50. The summed E-state index contributed by atoms with van der Waals surface area (Å²) < 4.78 is 11.9. The third kappa shape index (κ3) is 3.73. The first-order chi connectivity index (χ1) is 9.74. The van der Waals surface area contributed by atoms with Gasteiger partial charge in [-0.1, -0.05) is 27.2 Å². The van der Waals surface area contributed by atoms with Gasteiger partial charge in [0.25, 0.3) is 0 Å². The van der Waals surface area contributed by atoms with E-state index in [4.69, 9.17) is 9.47 Å². The summed E-state index contributed by atoms with van der Waals surface area (Å²) in [7, 11) is 0.